The Morgan fingerprint density at radius 3 is 2.56 bits per heavy atom. The first kappa shape index (κ1) is 11.6. The van der Waals surface area contributed by atoms with Crippen molar-refractivity contribution in [3.63, 3.8) is 0 Å². The Morgan fingerprint density at radius 1 is 1.22 bits per heavy atom. The van der Waals surface area contributed by atoms with Crippen molar-refractivity contribution >= 4 is 5.97 Å². The van der Waals surface area contributed by atoms with Crippen molar-refractivity contribution < 1.29 is 14.6 Å². The molecule has 5 heteroatoms. The molecule has 5 nitrogen and oxygen atoms in total. The molecular formula is C13H8N2O3. The highest BCUT2D eigenvalue weighted by Gasteiger charge is 2.06. The lowest BCUT2D eigenvalue weighted by Gasteiger charge is -2.05. The summed E-state index contributed by atoms with van der Waals surface area (Å²) in [6, 6.07) is 11.4. The fourth-order valence-electron chi connectivity index (χ4n) is 1.33. The third-order valence-corrected chi connectivity index (χ3v) is 2.17. The van der Waals surface area contributed by atoms with Gasteiger partial charge in [0.25, 0.3) is 0 Å². The van der Waals surface area contributed by atoms with E-state index in [-0.39, 0.29) is 5.69 Å². The number of carbonyl (C=O) groups is 1. The van der Waals surface area contributed by atoms with Crippen LogP contribution in [0.4, 0.5) is 0 Å². The molecule has 18 heavy (non-hydrogen) atoms. The molecule has 2 rings (SSSR count). The fourth-order valence-corrected chi connectivity index (χ4v) is 1.33. The molecule has 0 amide bonds. The molecule has 0 spiro atoms. The number of hydrogen-bond acceptors (Lipinski definition) is 4. The average molecular weight is 240 g/mol. The summed E-state index contributed by atoms with van der Waals surface area (Å²) in [7, 11) is 0. The first-order valence-electron chi connectivity index (χ1n) is 5.06. The van der Waals surface area contributed by atoms with E-state index in [4.69, 9.17) is 15.1 Å². The number of nitrogens with zero attached hydrogens (tertiary/aromatic N) is 2. The zero-order chi connectivity index (χ0) is 13.0. The summed E-state index contributed by atoms with van der Waals surface area (Å²) in [6.07, 6.45) is 1.36. The molecular weight excluding hydrogens is 232 g/mol. The number of aromatic nitrogens is 1. The van der Waals surface area contributed by atoms with Crippen LogP contribution in [-0.4, -0.2) is 16.1 Å². The molecule has 1 aromatic heterocycles. The van der Waals surface area contributed by atoms with E-state index < -0.39 is 5.97 Å². The van der Waals surface area contributed by atoms with Gasteiger partial charge in [-0.25, -0.2) is 9.78 Å². The topological polar surface area (TPSA) is 83.2 Å². The van der Waals surface area contributed by atoms with E-state index in [1.807, 2.05) is 6.07 Å². The first-order chi connectivity index (χ1) is 8.69. The Bertz CT molecular complexity index is 615. The molecule has 0 saturated carbocycles. The lowest BCUT2D eigenvalue weighted by Crippen LogP contribution is -1.99. The van der Waals surface area contributed by atoms with Gasteiger partial charge in [0.1, 0.15) is 11.5 Å². The van der Waals surface area contributed by atoms with E-state index in [1.54, 1.807) is 30.3 Å². The molecule has 0 bridgehead atoms. The van der Waals surface area contributed by atoms with Crippen molar-refractivity contribution in [3.8, 4) is 17.6 Å². The quantitative estimate of drug-likeness (QED) is 0.890. The zero-order valence-corrected chi connectivity index (χ0v) is 9.20. The molecule has 0 fully saturated rings. The van der Waals surface area contributed by atoms with Crippen molar-refractivity contribution in [1.82, 2.24) is 4.98 Å². The molecule has 88 valence electrons. The predicted molar refractivity (Wildman–Crippen MR) is 62.4 cm³/mol. The second-order valence-corrected chi connectivity index (χ2v) is 3.42. The Balaban J connectivity index is 2.20. The summed E-state index contributed by atoms with van der Waals surface area (Å²) in [5, 5.41) is 17.4. The van der Waals surface area contributed by atoms with Gasteiger partial charge in [-0.15, -0.1) is 0 Å². The van der Waals surface area contributed by atoms with E-state index in [0.29, 0.717) is 17.1 Å². The van der Waals surface area contributed by atoms with Gasteiger partial charge in [0.05, 0.1) is 11.6 Å². The average Bonchev–Trinajstić information content (AvgIpc) is 2.40. The highest BCUT2D eigenvalue weighted by Crippen LogP contribution is 2.21. The SMILES string of the molecule is N#Cc1ccc(Oc2ccnc(C(=O)O)c2)cc1. The highest BCUT2D eigenvalue weighted by molar-refractivity contribution is 5.85. The molecule has 1 heterocycles. The van der Waals surface area contributed by atoms with Crippen LogP contribution in [0.5, 0.6) is 11.5 Å². The number of aromatic carboxylic acids is 1. The standard InChI is InChI=1S/C13H8N2O3/c14-8-9-1-3-10(4-2-9)18-11-5-6-15-12(7-11)13(16)17/h1-7H,(H,16,17). The van der Waals surface area contributed by atoms with Crippen molar-refractivity contribution in [2.24, 2.45) is 0 Å². The van der Waals surface area contributed by atoms with Crippen LogP contribution in [0.25, 0.3) is 0 Å². The molecule has 0 atom stereocenters. The molecule has 2 aromatic rings. The minimum atomic E-state index is -1.11. The van der Waals surface area contributed by atoms with E-state index >= 15 is 0 Å². The number of rotatable bonds is 3. The predicted octanol–water partition coefficient (Wildman–Crippen LogP) is 2.44. The van der Waals surface area contributed by atoms with E-state index in [2.05, 4.69) is 4.98 Å². The summed E-state index contributed by atoms with van der Waals surface area (Å²) in [6.45, 7) is 0. The van der Waals surface area contributed by atoms with Crippen LogP contribution in [0.3, 0.4) is 0 Å². The van der Waals surface area contributed by atoms with E-state index in [0.717, 1.165) is 0 Å². The highest BCUT2D eigenvalue weighted by atomic mass is 16.5. The smallest absolute Gasteiger partial charge is 0.354 e. The van der Waals surface area contributed by atoms with Crippen LogP contribution in [0.2, 0.25) is 0 Å². The normalized spacial score (nSPS) is 9.50. The molecule has 0 unspecified atom stereocenters. The fraction of sp³-hybridized carbons (Fsp3) is 0. The van der Waals surface area contributed by atoms with Crippen LogP contribution in [-0.2, 0) is 0 Å². The Hall–Kier alpha value is -2.87. The molecule has 0 radical (unpaired) electrons. The number of carboxylic acids is 1. The van der Waals surface area contributed by atoms with Gasteiger partial charge in [-0.2, -0.15) is 5.26 Å². The first-order valence-corrected chi connectivity index (χ1v) is 5.06. The third-order valence-electron chi connectivity index (χ3n) is 2.17. The maximum Gasteiger partial charge on any atom is 0.354 e. The van der Waals surface area contributed by atoms with Crippen molar-refractivity contribution in [2.45, 2.75) is 0 Å². The number of ether oxygens (including phenoxy) is 1. The van der Waals surface area contributed by atoms with Gasteiger partial charge >= 0.3 is 5.97 Å². The summed E-state index contributed by atoms with van der Waals surface area (Å²) < 4.78 is 5.46. The van der Waals surface area contributed by atoms with Crippen molar-refractivity contribution in [1.29, 1.82) is 5.26 Å². The summed E-state index contributed by atoms with van der Waals surface area (Å²) in [4.78, 5) is 14.4. The number of pyridine rings is 1. The zero-order valence-electron chi connectivity index (χ0n) is 9.20. The van der Waals surface area contributed by atoms with Gasteiger partial charge < -0.3 is 9.84 Å². The molecule has 0 saturated heterocycles. The van der Waals surface area contributed by atoms with Crippen LogP contribution < -0.4 is 4.74 Å². The number of hydrogen-bond donors (Lipinski definition) is 1. The van der Waals surface area contributed by atoms with Gasteiger partial charge in [-0.3, -0.25) is 0 Å². The third kappa shape index (κ3) is 2.62. The Morgan fingerprint density at radius 2 is 1.94 bits per heavy atom. The maximum atomic E-state index is 10.7. The number of nitriles is 1. The molecule has 0 aliphatic carbocycles. The van der Waals surface area contributed by atoms with Crippen molar-refractivity contribution in [2.75, 3.05) is 0 Å². The summed E-state index contributed by atoms with van der Waals surface area (Å²) in [5.41, 5.74) is 0.449. The molecule has 0 aliphatic heterocycles. The summed E-state index contributed by atoms with van der Waals surface area (Å²) in [5.74, 6) is -0.205. The van der Waals surface area contributed by atoms with Crippen LogP contribution in [0.1, 0.15) is 16.1 Å². The number of benzene rings is 1. The Kier molecular flexibility index (Phi) is 3.21. The maximum absolute atomic E-state index is 10.7. The van der Waals surface area contributed by atoms with Crippen LogP contribution in [0, 0.1) is 11.3 Å². The van der Waals surface area contributed by atoms with E-state index in [1.165, 1.54) is 12.3 Å². The van der Waals surface area contributed by atoms with Crippen LogP contribution in [0.15, 0.2) is 42.6 Å². The van der Waals surface area contributed by atoms with Gasteiger partial charge in [0, 0.05) is 12.3 Å². The minimum absolute atomic E-state index is 0.0823. The lowest BCUT2D eigenvalue weighted by atomic mass is 10.2. The second kappa shape index (κ2) is 4.97. The number of carboxylic acid groups (broad SMARTS) is 1. The van der Waals surface area contributed by atoms with Gasteiger partial charge in [0.2, 0.25) is 0 Å². The van der Waals surface area contributed by atoms with Gasteiger partial charge in [-0.05, 0) is 30.3 Å². The molecule has 1 N–H and O–H groups in total. The molecule has 0 aliphatic rings. The summed E-state index contributed by atoms with van der Waals surface area (Å²) >= 11 is 0. The minimum Gasteiger partial charge on any atom is -0.477 e. The van der Waals surface area contributed by atoms with Crippen molar-refractivity contribution in [3.05, 3.63) is 53.9 Å². The largest absolute Gasteiger partial charge is 0.477 e. The van der Waals surface area contributed by atoms with Gasteiger partial charge in [0.15, 0.2) is 5.69 Å². The molecule has 1 aromatic carbocycles. The van der Waals surface area contributed by atoms with Crippen LogP contribution >= 0.6 is 0 Å². The van der Waals surface area contributed by atoms with E-state index in [9.17, 15) is 4.79 Å². The second-order valence-electron chi connectivity index (χ2n) is 3.42. The lowest BCUT2D eigenvalue weighted by molar-refractivity contribution is 0.0690. The monoisotopic (exact) mass is 240 g/mol. The Labute approximate surface area is 103 Å². The van der Waals surface area contributed by atoms with Gasteiger partial charge in [-0.1, -0.05) is 0 Å².